The fourth-order valence-electron chi connectivity index (χ4n) is 11.0. The van der Waals surface area contributed by atoms with Gasteiger partial charge in [0.15, 0.2) is 0 Å². The summed E-state index contributed by atoms with van der Waals surface area (Å²) in [7, 11) is 9.77. The second-order valence-corrected chi connectivity index (χ2v) is 27.1. The molecule has 26 nitrogen and oxygen atoms in total. The molecule has 1 fully saturated rings. The van der Waals surface area contributed by atoms with Crippen molar-refractivity contribution in [3.8, 4) is 0 Å². The number of nitrogens with zero attached hydrogens (tertiary/aromatic N) is 7. The van der Waals surface area contributed by atoms with Crippen molar-refractivity contribution in [1.82, 2.24) is 60.9 Å². The Balaban J connectivity index is 4.35. The zero-order valence-corrected chi connectivity index (χ0v) is 59.3. The lowest BCUT2D eigenvalue weighted by atomic mass is 9.91. The van der Waals surface area contributed by atoms with Crippen LogP contribution in [0, 0.1) is 41.4 Å². The van der Waals surface area contributed by atoms with Crippen molar-refractivity contribution in [3.05, 3.63) is 12.2 Å². The first-order valence-corrected chi connectivity index (χ1v) is 32.4. The normalized spacial score (nSPS) is 25.8. The number of carbonyl (C=O) groups is 12. The van der Waals surface area contributed by atoms with Crippen LogP contribution in [0.15, 0.2) is 12.2 Å². The minimum atomic E-state index is -1.71. The van der Waals surface area contributed by atoms with E-state index in [9.17, 15) is 48.3 Å². The smallest absolute Gasteiger partial charge is 0.407 e. The summed E-state index contributed by atoms with van der Waals surface area (Å²) in [6.07, 6.45) is 1.56. The average Bonchev–Trinajstić information content (AvgIpc) is 0.993. The lowest BCUT2D eigenvalue weighted by Gasteiger charge is -2.41. The number of ether oxygens (including phenoxy) is 1. The molecule has 0 spiro atoms. The molecule has 12 unspecified atom stereocenters. The Labute approximate surface area is 542 Å². The number of aliphatic hydroxyl groups excluding tert-OH is 1. The Hall–Kier alpha value is -6.86. The standard InChI is InChI=1S/C65H116N12O14/c1-25-45-60(85)71(18)35-50(78)72(19)46(31-36(3)4)57(82)70-51(40(11)12)63(88)73(20)47(32-37(5)6)56(81)67-43(16)55(80)68-44(17)59(84)74(21)48(33-38(7)8)61(86)75(22)49(34-39(9)10)62(87)76(23)52(41(13)14)64(89)77(24)53(58(83)69-45)54(79)42(15)29-27-28-30-91-65(90)66-26-2/h27-28,36-49,51-54,79H,25-26,29-35H2,1-24H3,(H,66,90)(H,67,81)(H,68,80)(H,69,83)(H,70,82)/b28-27+. The summed E-state index contributed by atoms with van der Waals surface area (Å²) in [5.41, 5.74) is 0. The van der Waals surface area contributed by atoms with Crippen molar-refractivity contribution in [1.29, 1.82) is 0 Å². The Morgan fingerprint density at radius 2 is 0.945 bits per heavy atom. The monoisotopic (exact) mass is 1290 g/mol. The predicted molar refractivity (Wildman–Crippen MR) is 348 cm³/mol. The van der Waals surface area contributed by atoms with Gasteiger partial charge >= 0.3 is 6.09 Å². The molecule has 91 heavy (non-hydrogen) atoms. The first-order valence-electron chi connectivity index (χ1n) is 32.4. The van der Waals surface area contributed by atoms with Gasteiger partial charge in [0.05, 0.1) is 12.6 Å². The Kier molecular flexibility index (Phi) is 34.5. The Morgan fingerprint density at radius 3 is 1.42 bits per heavy atom. The fraction of sp³-hybridized carbons (Fsp3) is 0.785. The molecule has 1 saturated heterocycles. The van der Waals surface area contributed by atoms with E-state index in [1.165, 1.54) is 87.7 Å². The van der Waals surface area contributed by atoms with Gasteiger partial charge in [-0.05, 0) is 101 Å². The maximum Gasteiger partial charge on any atom is 0.407 e. The summed E-state index contributed by atoms with van der Waals surface area (Å²) in [5.74, 6) is -10.4. The van der Waals surface area contributed by atoms with E-state index in [-0.39, 0.29) is 68.8 Å². The van der Waals surface area contributed by atoms with Crippen LogP contribution in [0.2, 0.25) is 0 Å². The van der Waals surface area contributed by atoms with Crippen molar-refractivity contribution >= 4 is 71.1 Å². The number of allylic oxidation sites excluding steroid dienone is 1. The molecule has 12 atom stereocenters. The van der Waals surface area contributed by atoms with Crippen LogP contribution in [-0.2, 0) is 57.5 Å². The van der Waals surface area contributed by atoms with Crippen molar-refractivity contribution in [2.24, 2.45) is 41.4 Å². The van der Waals surface area contributed by atoms with Crippen LogP contribution in [0.4, 0.5) is 4.79 Å². The number of rotatable bonds is 18. The lowest BCUT2D eigenvalue weighted by Crippen LogP contribution is -2.63. The van der Waals surface area contributed by atoms with Crippen LogP contribution in [0.3, 0.4) is 0 Å². The molecular formula is C65H116N12O14. The van der Waals surface area contributed by atoms with Crippen molar-refractivity contribution in [3.63, 3.8) is 0 Å². The molecule has 26 heteroatoms. The van der Waals surface area contributed by atoms with Gasteiger partial charge in [-0.1, -0.05) is 109 Å². The molecule has 6 N–H and O–H groups in total. The number of hydrogen-bond donors (Lipinski definition) is 6. The first-order chi connectivity index (χ1) is 42.1. The van der Waals surface area contributed by atoms with Crippen LogP contribution in [0.5, 0.6) is 0 Å². The van der Waals surface area contributed by atoms with Gasteiger partial charge in [0.25, 0.3) is 0 Å². The fourth-order valence-corrected chi connectivity index (χ4v) is 11.0. The number of amides is 12. The number of carbonyl (C=O) groups excluding carboxylic acids is 12. The van der Waals surface area contributed by atoms with Crippen LogP contribution in [0.25, 0.3) is 0 Å². The van der Waals surface area contributed by atoms with E-state index >= 15 is 14.4 Å². The van der Waals surface area contributed by atoms with Crippen LogP contribution < -0.4 is 26.6 Å². The summed E-state index contributed by atoms with van der Waals surface area (Å²) in [6, 6.07) is -12.7. The predicted octanol–water partition coefficient (Wildman–Crippen LogP) is 3.00. The molecular weight excluding hydrogens is 1170 g/mol. The minimum absolute atomic E-state index is 0.0230. The largest absolute Gasteiger partial charge is 0.445 e. The zero-order valence-electron chi connectivity index (χ0n) is 59.3. The van der Waals surface area contributed by atoms with E-state index in [4.69, 9.17) is 4.74 Å². The minimum Gasteiger partial charge on any atom is -0.445 e. The van der Waals surface area contributed by atoms with Gasteiger partial charge in [-0.25, -0.2) is 4.79 Å². The van der Waals surface area contributed by atoms with E-state index in [0.29, 0.717) is 6.54 Å². The second-order valence-electron chi connectivity index (χ2n) is 27.1. The third kappa shape index (κ3) is 24.3. The van der Waals surface area contributed by atoms with E-state index in [2.05, 4.69) is 26.6 Å². The molecule has 1 rings (SSSR count). The molecule has 12 amide bonds. The molecule has 1 aliphatic heterocycles. The quantitative estimate of drug-likeness (QED) is 0.108. The molecule has 0 aromatic carbocycles. The Bertz CT molecular complexity index is 2510. The van der Waals surface area contributed by atoms with Gasteiger partial charge in [0.2, 0.25) is 65.0 Å². The van der Waals surface area contributed by atoms with Crippen LogP contribution >= 0.6 is 0 Å². The van der Waals surface area contributed by atoms with Gasteiger partial charge in [0, 0.05) is 55.9 Å². The highest BCUT2D eigenvalue weighted by Gasteiger charge is 2.46. The van der Waals surface area contributed by atoms with Gasteiger partial charge in [0.1, 0.15) is 67.0 Å². The van der Waals surface area contributed by atoms with Crippen LogP contribution in [0.1, 0.15) is 156 Å². The van der Waals surface area contributed by atoms with Crippen LogP contribution in [-0.4, -0.2) is 246 Å². The summed E-state index contributed by atoms with van der Waals surface area (Å²) in [6.45, 7) is 29.2. The topological polar surface area (TPSA) is 317 Å². The molecule has 0 aromatic rings. The zero-order chi connectivity index (χ0) is 70.4. The third-order valence-corrected chi connectivity index (χ3v) is 16.6. The molecule has 520 valence electrons. The molecule has 0 bridgehead atoms. The number of aliphatic hydroxyl groups is 1. The summed E-state index contributed by atoms with van der Waals surface area (Å²) in [5, 5.41) is 25.7. The van der Waals surface area contributed by atoms with E-state index < -0.39 is 162 Å². The van der Waals surface area contributed by atoms with Crippen molar-refractivity contribution in [2.75, 3.05) is 69.0 Å². The molecule has 1 heterocycles. The van der Waals surface area contributed by atoms with E-state index in [1.54, 1.807) is 60.6 Å². The first kappa shape index (κ1) is 82.2. The molecule has 0 radical (unpaired) electrons. The highest BCUT2D eigenvalue weighted by Crippen LogP contribution is 2.26. The van der Waals surface area contributed by atoms with Gasteiger partial charge in [-0.3, -0.25) is 52.7 Å². The summed E-state index contributed by atoms with van der Waals surface area (Å²) >= 11 is 0. The second kappa shape index (κ2) is 38.2. The van der Waals surface area contributed by atoms with Gasteiger partial charge in [-0.2, -0.15) is 0 Å². The van der Waals surface area contributed by atoms with Crippen molar-refractivity contribution in [2.45, 2.75) is 223 Å². The van der Waals surface area contributed by atoms with Gasteiger partial charge < -0.3 is 70.7 Å². The summed E-state index contributed by atoms with van der Waals surface area (Å²) in [4.78, 5) is 181. The van der Waals surface area contributed by atoms with E-state index in [1.807, 2.05) is 55.4 Å². The third-order valence-electron chi connectivity index (χ3n) is 16.6. The van der Waals surface area contributed by atoms with E-state index in [0.717, 1.165) is 9.80 Å². The van der Waals surface area contributed by atoms with Crippen molar-refractivity contribution < 1.29 is 67.4 Å². The lowest BCUT2D eigenvalue weighted by molar-refractivity contribution is -0.157. The van der Waals surface area contributed by atoms with Gasteiger partial charge in [-0.15, -0.1) is 0 Å². The maximum absolute atomic E-state index is 15.3. The number of likely N-dealkylation sites (N-methyl/N-ethyl adjacent to an activating group) is 7. The SMILES string of the molecule is CCNC(=O)OC/C=C/CC(C)C(O)C1C(=O)NC(CC)C(=O)N(C)CC(=O)N(C)C(CC(C)C)C(=O)NC(C(C)C)C(=O)N(C)C(CC(C)C)C(=O)NC(C)C(=O)NC(C)C(=O)N(C)C(CC(C)C)C(=O)N(C)C(CC(C)C)C(=O)N(C)C(C(C)C)C(=O)N1C. The maximum atomic E-state index is 15.3. The molecule has 1 aliphatic rings. The highest BCUT2D eigenvalue weighted by molar-refractivity contribution is 5.99. The number of hydrogen-bond acceptors (Lipinski definition) is 14. The number of alkyl carbamates (subject to hydrolysis) is 1. The molecule has 0 aliphatic carbocycles. The number of nitrogens with one attached hydrogen (secondary N) is 5. The molecule has 0 aromatic heterocycles. The average molecular weight is 1290 g/mol. The highest BCUT2D eigenvalue weighted by atomic mass is 16.5. The molecule has 0 saturated carbocycles. The summed E-state index contributed by atoms with van der Waals surface area (Å²) < 4.78 is 5.14. The Morgan fingerprint density at radius 1 is 0.505 bits per heavy atom.